The van der Waals surface area contributed by atoms with Crippen molar-refractivity contribution in [2.24, 2.45) is 0 Å². The van der Waals surface area contributed by atoms with Crippen molar-refractivity contribution in [1.82, 2.24) is 9.78 Å². The molecule has 0 aliphatic rings. The molecule has 2 aromatic rings. The summed E-state index contributed by atoms with van der Waals surface area (Å²) in [6.45, 7) is 1.77. The van der Waals surface area contributed by atoms with Crippen molar-refractivity contribution in [2.75, 3.05) is 0 Å². The van der Waals surface area contributed by atoms with Gasteiger partial charge < -0.3 is 0 Å². The number of hydrogen-bond acceptors (Lipinski definition) is 2. The number of benzene rings is 1. The summed E-state index contributed by atoms with van der Waals surface area (Å²) in [6.07, 6.45) is 1.75. The second-order valence-corrected chi connectivity index (χ2v) is 4.19. The quantitative estimate of drug-likeness (QED) is 0.812. The Morgan fingerprint density at radius 1 is 1.47 bits per heavy atom. The topological polar surface area (TPSA) is 34.9 Å². The summed E-state index contributed by atoms with van der Waals surface area (Å²) in [5.74, 6) is 0.0463. The van der Waals surface area contributed by atoms with E-state index in [4.69, 9.17) is 23.2 Å². The average molecular weight is 243 g/mol. The SMILES string of the molecule is CC(=O)Cn1cc2c(Cl)cc(Cl)cc2n1. The van der Waals surface area contributed by atoms with Crippen LogP contribution in [0.15, 0.2) is 18.3 Å². The fraction of sp³-hybridized carbons (Fsp3) is 0.200. The van der Waals surface area contributed by atoms with Crippen LogP contribution in [0.1, 0.15) is 6.92 Å². The molecule has 1 aromatic carbocycles. The molecule has 5 heteroatoms. The smallest absolute Gasteiger partial charge is 0.151 e. The number of aromatic nitrogens is 2. The third-order valence-electron chi connectivity index (χ3n) is 1.97. The summed E-state index contributed by atoms with van der Waals surface area (Å²) in [7, 11) is 0. The third-order valence-corrected chi connectivity index (χ3v) is 2.50. The fourth-order valence-corrected chi connectivity index (χ4v) is 1.94. The number of halogens is 2. The van der Waals surface area contributed by atoms with Crippen molar-refractivity contribution >= 4 is 39.9 Å². The Hall–Kier alpha value is -1.06. The minimum absolute atomic E-state index is 0.0463. The molecule has 78 valence electrons. The number of carbonyl (C=O) groups is 1. The van der Waals surface area contributed by atoms with Crippen molar-refractivity contribution in [2.45, 2.75) is 13.5 Å². The number of ketones is 1. The van der Waals surface area contributed by atoms with E-state index in [1.54, 1.807) is 23.0 Å². The van der Waals surface area contributed by atoms with Gasteiger partial charge in [-0.3, -0.25) is 9.48 Å². The first-order valence-corrected chi connectivity index (χ1v) is 5.13. The summed E-state index contributed by atoms with van der Waals surface area (Å²) in [5.41, 5.74) is 0.703. The Kier molecular flexibility index (Phi) is 2.67. The molecule has 0 atom stereocenters. The highest BCUT2D eigenvalue weighted by Crippen LogP contribution is 2.26. The van der Waals surface area contributed by atoms with Crippen LogP contribution in [-0.2, 0) is 11.3 Å². The second kappa shape index (κ2) is 3.83. The van der Waals surface area contributed by atoms with Gasteiger partial charge in [-0.2, -0.15) is 5.10 Å². The molecule has 0 saturated carbocycles. The van der Waals surface area contributed by atoms with Crippen molar-refractivity contribution in [3.05, 3.63) is 28.4 Å². The molecule has 1 aromatic heterocycles. The Balaban J connectivity index is 2.55. The van der Waals surface area contributed by atoms with E-state index in [1.807, 2.05) is 0 Å². The van der Waals surface area contributed by atoms with Gasteiger partial charge in [0.15, 0.2) is 5.78 Å². The molecule has 0 fully saturated rings. The lowest BCUT2D eigenvalue weighted by atomic mass is 10.2. The predicted molar refractivity (Wildman–Crippen MR) is 60.4 cm³/mol. The van der Waals surface area contributed by atoms with Crippen LogP contribution in [0, 0.1) is 0 Å². The largest absolute Gasteiger partial charge is 0.298 e. The van der Waals surface area contributed by atoms with Crippen molar-refractivity contribution in [1.29, 1.82) is 0 Å². The molecule has 0 unspecified atom stereocenters. The highest BCUT2D eigenvalue weighted by Gasteiger charge is 2.07. The van der Waals surface area contributed by atoms with Crippen LogP contribution in [0.4, 0.5) is 0 Å². The number of carbonyl (C=O) groups excluding carboxylic acids is 1. The maximum atomic E-state index is 10.9. The zero-order valence-corrected chi connectivity index (χ0v) is 9.51. The Labute approximate surface area is 96.6 Å². The molecule has 0 aliphatic carbocycles. The molecule has 0 spiro atoms. The monoisotopic (exact) mass is 242 g/mol. The lowest BCUT2D eigenvalue weighted by Crippen LogP contribution is -2.05. The van der Waals surface area contributed by atoms with E-state index in [1.165, 1.54) is 6.92 Å². The van der Waals surface area contributed by atoms with Gasteiger partial charge in [-0.15, -0.1) is 0 Å². The maximum Gasteiger partial charge on any atom is 0.151 e. The molecule has 0 saturated heterocycles. The number of rotatable bonds is 2. The fourth-order valence-electron chi connectivity index (χ4n) is 1.41. The van der Waals surface area contributed by atoms with Gasteiger partial charge in [0, 0.05) is 16.6 Å². The van der Waals surface area contributed by atoms with Crippen molar-refractivity contribution < 1.29 is 4.79 Å². The van der Waals surface area contributed by atoms with Gasteiger partial charge in [0.2, 0.25) is 0 Å². The highest BCUT2D eigenvalue weighted by atomic mass is 35.5. The summed E-state index contributed by atoms with van der Waals surface area (Å²) < 4.78 is 1.56. The first-order valence-electron chi connectivity index (χ1n) is 4.38. The van der Waals surface area contributed by atoms with E-state index in [0.29, 0.717) is 15.6 Å². The van der Waals surface area contributed by atoms with Crippen LogP contribution >= 0.6 is 23.2 Å². The van der Waals surface area contributed by atoms with E-state index in [-0.39, 0.29) is 12.3 Å². The molecule has 3 nitrogen and oxygen atoms in total. The zero-order chi connectivity index (χ0) is 11.0. The molecular formula is C10H8Cl2N2O. The maximum absolute atomic E-state index is 10.9. The van der Waals surface area contributed by atoms with Gasteiger partial charge >= 0.3 is 0 Å². The molecule has 0 N–H and O–H groups in total. The minimum Gasteiger partial charge on any atom is -0.298 e. The van der Waals surface area contributed by atoms with Crippen LogP contribution < -0.4 is 0 Å². The summed E-state index contributed by atoms with van der Waals surface area (Å²) in [5, 5.41) is 6.10. The minimum atomic E-state index is 0.0463. The van der Waals surface area contributed by atoms with Crippen LogP contribution in [0.3, 0.4) is 0 Å². The summed E-state index contributed by atoms with van der Waals surface area (Å²) in [6, 6.07) is 3.38. The normalized spacial score (nSPS) is 10.9. The Bertz CT molecular complexity index is 533. The van der Waals surface area contributed by atoms with Crippen molar-refractivity contribution in [3.8, 4) is 0 Å². The lowest BCUT2D eigenvalue weighted by Gasteiger charge is -1.93. The van der Waals surface area contributed by atoms with E-state index in [0.717, 1.165) is 5.39 Å². The number of nitrogens with zero attached hydrogens (tertiary/aromatic N) is 2. The molecule has 0 radical (unpaired) electrons. The van der Waals surface area contributed by atoms with Gasteiger partial charge in [0.25, 0.3) is 0 Å². The van der Waals surface area contributed by atoms with E-state index in [9.17, 15) is 4.79 Å². The Morgan fingerprint density at radius 2 is 2.20 bits per heavy atom. The molecule has 0 bridgehead atoms. The molecular weight excluding hydrogens is 235 g/mol. The predicted octanol–water partition coefficient (Wildman–Crippen LogP) is 2.93. The van der Waals surface area contributed by atoms with Crippen molar-refractivity contribution in [3.63, 3.8) is 0 Å². The highest BCUT2D eigenvalue weighted by molar-refractivity contribution is 6.38. The molecule has 1 heterocycles. The second-order valence-electron chi connectivity index (χ2n) is 3.35. The van der Waals surface area contributed by atoms with Crippen LogP contribution in [0.25, 0.3) is 10.9 Å². The van der Waals surface area contributed by atoms with Crippen LogP contribution in [-0.4, -0.2) is 15.6 Å². The van der Waals surface area contributed by atoms with E-state index in [2.05, 4.69) is 5.10 Å². The number of Topliss-reactive ketones (excluding diaryl/α,β-unsaturated/α-hetero) is 1. The average Bonchev–Trinajstić information content (AvgIpc) is 2.45. The van der Waals surface area contributed by atoms with Gasteiger partial charge in [0.1, 0.15) is 0 Å². The third kappa shape index (κ3) is 2.13. The first-order chi connectivity index (χ1) is 7.06. The van der Waals surface area contributed by atoms with Crippen LogP contribution in [0.5, 0.6) is 0 Å². The van der Waals surface area contributed by atoms with E-state index >= 15 is 0 Å². The van der Waals surface area contributed by atoms with E-state index < -0.39 is 0 Å². The first kappa shape index (κ1) is 10.5. The number of hydrogen-bond donors (Lipinski definition) is 0. The van der Waals surface area contributed by atoms with Gasteiger partial charge in [-0.25, -0.2) is 0 Å². The number of fused-ring (bicyclic) bond motifs is 1. The zero-order valence-electron chi connectivity index (χ0n) is 8.00. The van der Waals surface area contributed by atoms with Gasteiger partial charge in [0.05, 0.1) is 17.1 Å². The van der Waals surface area contributed by atoms with Gasteiger partial charge in [-0.1, -0.05) is 23.2 Å². The summed E-state index contributed by atoms with van der Waals surface area (Å²) >= 11 is 11.8. The lowest BCUT2D eigenvalue weighted by molar-refractivity contribution is -0.117. The van der Waals surface area contributed by atoms with Gasteiger partial charge in [-0.05, 0) is 19.1 Å². The Morgan fingerprint density at radius 3 is 2.87 bits per heavy atom. The van der Waals surface area contributed by atoms with Crippen LogP contribution in [0.2, 0.25) is 10.0 Å². The standard InChI is InChI=1S/C10H8Cl2N2O/c1-6(15)4-14-5-8-9(12)2-7(11)3-10(8)13-14/h2-3,5H,4H2,1H3. The molecule has 15 heavy (non-hydrogen) atoms. The molecule has 0 amide bonds. The summed E-state index contributed by atoms with van der Waals surface area (Å²) in [4.78, 5) is 10.9. The molecule has 0 aliphatic heterocycles. The molecule has 2 rings (SSSR count).